The molecule has 1 aromatic carbocycles. The molecule has 3 aromatic rings. The number of aromatic nitrogens is 2. The van der Waals surface area contributed by atoms with Crippen LogP contribution in [-0.4, -0.2) is 16.9 Å². The number of para-hydroxylation sites is 1. The number of thiophene rings is 1. The Hall–Kier alpha value is -2.83. The summed E-state index contributed by atoms with van der Waals surface area (Å²) < 4.78 is 6.43. The molecule has 1 atom stereocenters. The maximum absolute atomic E-state index is 12.7. The van der Waals surface area contributed by atoms with Crippen LogP contribution in [0, 0.1) is 22.7 Å². The zero-order valence-electron chi connectivity index (χ0n) is 18.2. The van der Waals surface area contributed by atoms with Gasteiger partial charge in [-0.25, -0.2) is 4.79 Å². The molecule has 32 heavy (non-hydrogen) atoms. The monoisotopic (exact) mass is 469 g/mol. The number of benzene rings is 1. The van der Waals surface area contributed by atoms with E-state index in [0.717, 1.165) is 42.3 Å². The lowest BCUT2D eigenvalue weighted by Crippen LogP contribution is -2.36. The first-order valence-electron chi connectivity index (χ1n) is 10.4. The number of hydrogen-bond donors (Lipinski definition) is 2. The van der Waals surface area contributed by atoms with E-state index in [1.165, 1.54) is 20.9 Å². The minimum atomic E-state index is -0.538. The number of rotatable bonds is 5. The van der Waals surface area contributed by atoms with Crippen LogP contribution in [0.25, 0.3) is 5.69 Å². The van der Waals surface area contributed by atoms with Gasteiger partial charge in [0.05, 0.1) is 11.3 Å². The number of nitrogens with zero attached hydrogens (tertiary/aromatic N) is 2. The van der Waals surface area contributed by atoms with Gasteiger partial charge in [0.2, 0.25) is 11.6 Å². The van der Waals surface area contributed by atoms with Gasteiger partial charge in [0.1, 0.15) is 11.1 Å². The molecule has 0 aliphatic heterocycles. The Balaban J connectivity index is 1.48. The summed E-state index contributed by atoms with van der Waals surface area (Å²) in [6.45, 7) is 6.75. The fourth-order valence-corrected chi connectivity index (χ4v) is 6.03. The highest BCUT2D eigenvalue weighted by molar-refractivity contribution is 7.99. The van der Waals surface area contributed by atoms with Crippen LogP contribution in [0.2, 0.25) is 0 Å². The van der Waals surface area contributed by atoms with Crippen molar-refractivity contribution in [1.29, 1.82) is 5.26 Å². The predicted octanol–water partition coefficient (Wildman–Crippen LogP) is 4.06. The Morgan fingerprint density at radius 1 is 1.38 bits per heavy atom. The van der Waals surface area contributed by atoms with Crippen LogP contribution < -0.4 is 15.6 Å². The summed E-state index contributed by atoms with van der Waals surface area (Å²) in [6, 6.07) is 11.5. The molecule has 0 bridgehead atoms. The van der Waals surface area contributed by atoms with E-state index in [4.69, 9.17) is 4.52 Å². The molecule has 0 fully saturated rings. The molecule has 0 saturated carbocycles. The van der Waals surface area contributed by atoms with Crippen molar-refractivity contribution < 1.29 is 14.0 Å². The van der Waals surface area contributed by atoms with Crippen molar-refractivity contribution in [1.82, 2.24) is 5.27 Å². The van der Waals surface area contributed by atoms with Crippen LogP contribution >= 0.6 is 23.1 Å². The third-order valence-electron chi connectivity index (χ3n) is 5.82. The van der Waals surface area contributed by atoms with E-state index in [-0.39, 0.29) is 22.1 Å². The van der Waals surface area contributed by atoms with E-state index in [1.54, 1.807) is 0 Å². The van der Waals surface area contributed by atoms with E-state index >= 15 is 0 Å². The third kappa shape index (κ3) is 4.52. The second kappa shape index (κ2) is 8.96. The second-order valence-electron chi connectivity index (χ2n) is 8.92. The minimum absolute atomic E-state index is 0.0213. The molecule has 1 unspecified atom stereocenters. The Kier molecular flexibility index (Phi) is 6.26. The van der Waals surface area contributed by atoms with Crippen molar-refractivity contribution in [2.75, 3.05) is 11.1 Å². The summed E-state index contributed by atoms with van der Waals surface area (Å²) in [5.41, 5.74) is 2.06. The highest BCUT2D eigenvalue weighted by Crippen LogP contribution is 2.44. The summed E-state index contributed by atoms with van der Waals surface area (Å²) in [7, 11) is 0. The molecule has 2 N–H and O–H groups in total. The average Bonchev–Trinajstić information content (AvgIpc) is 3.30. The molecule has 2 heterocycles. The van der Waals surface area contributed by atoms with Crippen LogP contribution in [0.4, 0.5) is 5.00 Å². The first kappa shape index (κ1) is 22.4. The van der Waals surface area contributed by atoms with Crippen molar-refractivity contribution in [2.24, 2.45) is 11.3 Å². The van der Waals surface area contributed by atoms with Crippen molar-refractivity contribution in [3.8, 4) is 11.8 Å². The molecule has 0 radical (unpaired) electrons. The zero-order chi connectivity index (χ0) is 22.9. The lowest BCUT2D eigenvalue weighted by atomic mass is 9.72. The van der Waals surface area contributed by atoms with Crippen molar-refractivity contribution in [3.63, 3.8) is 0 Å². The Morgan fingerprint density at radius 2 is 2.12 bits per heavy atom. The molecule has 4 rings (SSSR count). The number of fused-ring (bicyclic) bond motifs is 1. The highest BCUT2D eigenvalue weighted by atomic mass is 32.2. The Labute approximate surface area is 194 Å². The molecule has 166 valence electrons. The number of nitriles is 1. The summed E-state index contributed by atoms with van der Waals surface area (Å²) in [4.78, 5) is 26.0. The summed E-state index contributed by atoms with van der Waals surface area (Å²) >= 11 is 2.60. The number of amides is 1. The normalized spacial score (nSPS) is 15.8. The number of carbonyl (C=O) groups is 1. The van der Waals surface area contributed by atoms with E-state index in [1.807, 2.05) is 30.3 Å². The van der Waals surface area contributed by atoms with Gasteiger partial charge in [-0.1, -0.05) is 39.0 Å². The number of H-pyrrole nitrogens is 1. The van der Waals surface area contributed by atoms with Crippen LogP contribution in [0.15, 0.2) is 44.7 Å². The van der Waals surface area contributed by atoms with Gasteiger partial charge in [0.25, 0.3) is 0 Å². The van der Waals surface area contributed by atoms with Gasteiger partial charge in [0, 0.05) is 17.0 Å². The van der Waals surface area contributed by atoms with E-state index in [0.29, 0.717) is 16.5 Å². The highest BCUT2D eigenvalue weighted by Gasteiger charge is 2.32. The van der Waals surface area contributed by atoms with Gasteiger partial charge >= 0.3 is 10.7 Å². The quantitative estimate of drug-likeness (QED) is 0.433. The first-order chi connectivity index (χ1) is 15.3. The van der Waals surface area contributed by atoms with Gasteiger partial charge in [-0.05, 0) is 57.9 Å². The summed E-state index contributed by atoms with van der Waals surface area (Å²) in [5, 5.41) is 16.1. The molecule has 0 spiro atoms. The summed E-state index contributed by atoms with van der Waals surface area (Å²) in [6.07, 6.45) is 2.85. The molecule has 1 aliphatic rings. The molecule has 7 nitrogen and oxygen atoms in total. The van der Waals surface area contributed by atoms with Gasteiger partial charge in [-0.3, -0.25) is 9.32 Å². The lowest BCUT2D eigenvalue weighted by Gasteiger charge is -2.33. The maximum atomic E-state index is 12.7. The van der Waals surface area contributed by atoms with E-state index < -0.39 is 5.63 Å². The molecule has 0 saturated heterocycles. The standard InChI is InChI=1S/C23H24N4O3S2/c1-23(2,3)14-9-10-16-17(12-24)20(32-18(16)11-14)25-19(28)13-31-21-22(29)30-26-27(21)15-7-5-4-6-8-15/h4-8,14H,9-11,13H2,1-3H3,(H-,25,26,28,29)/p+1. The number of nitrogens with one attached hydrogen (secondary N) is 2. The van der Waals surface area contributed by atoms with Gasteiger partial charge < -0.3 is 5.32 Å². The molecule has 2 aromatic heterocycles. The van der Waals surface area contributed by atoms with Crippen molar-refractivity contribution in [3.05, 3.63) is 56.8 Å². The van der Waals surface area contributed by atoms with Crippen LogP contribution in [0.5, 0.6) is 0 Å². The summed E-state index contributed by atoms with van der Waals surface area (Å²) in [5.74, 6) is 0.311. The SMILES string of the molecule is CC(C)(C)C1CCc2c(sc(NC(=O)CSc3c(=O)o[nH][n+]3-c3ccccc3)c2C#N)C1. The smallest absolute Gasteiger partial charge is 0.316 e. The van der Waals surface area contributed by atoms with Gasteiger partial charge in [-0.15, -0.1) is 11.3 Å². The van der Waals surface area contributed by atoms with Gasteiger partial charge in [0.15, 0.2) is 0 Å². The number of aromatic amines is 1. The minimum Gasteiger partial charge on any atom is -0.316 e. The largest absolute Gasteiger partial charge is 0.442 e. The number of anilines is 1. The Morgan fingerprint density at radius 3 is 2.81 bits per heavy atom. The lowest BCUT2D eigenvalue weighted by molar-refractivity contribution is -0.704. The average molecular weight is 470 g/mol. The fraction of sp³-hybridized carbons (Fsp3) is 0.391. The topological polar surface area (TPSA) is 103 Å². The van der Waals surface area contributed by atoms with E-state index in [2.05, 4.69) is 37.4 Å². The third-order valence-corrected chi connectivity index (χ3v) is 8.02. The molecular weight excluding hydrogens is 444 g/mol. The number of carbonyl (C=O) groups excluding carboxylic acids is 1. The number of hydrogen-bond acceptors (Lipinski definition) is 6. The maximum Gasteiger partial charge on any atom is 0.442 e. The molecule has 1 aliphatic carbocycles. The second-order valence-corrected chi connectivity index (χ2v) is 11.0. The van der Waals surface area contributed by atoms with Crippen LogP contribution in [0.1, 0.15) is 43.2 Å². The number of thioether (sulfide) groups is 1. The Bertz CT molecular complexity index is 1230. The molecule has 1 amide bonds. The van der Waals surface area contributed by atoms with Crippen LogP contribution in [0.3, 0.4) is 0 Å². The molecular formula is C23H25N4O3S2+. The molecule has 9 heteroatoms. The predicted molar refractivity (Wildman–Crippen MR) is 124 cm³/mol. The zero-order valence-corrected chi connectivity index (χ0v) is 19.9. The fourth-order valence-electron chi connectivity index (χ4n) is 3.96. The van der Waals surface area contributed by atoms with Gasteiger partial charge in [-0.2, -0.15) is 5.26 Å². The van der Waals surface area contributed by atoms with E-state index in [9.17, 15) is 14.9 Å². The van der Waals surface area contributed by atoms with Crippen molar-refractivity contribution in [2.45, 2.75) is 45.1 Å². The van der Waals surface area contributed by atoms with Crippen molar-refractivity contribution >= 4 is 34.0 Å². The first-order valence-corrected chi connectivity index (χ1v) is 12.2. The van der Waals surface area contributed by atoms with Crippen LogP contribution in [-0.2, 0) is 17.6 Å².